The first-order chi connectivity index (χ1) is 19.1. The lowest BCUT2D eigenvalue weighted by Gasteiger charge is -2.46. The van der Waals surface area contributed by atoms with Crippen molar-refractivity contribution >= 4 is 17.5 Å². The summed E-state index contributed by atoms with van der Waals surface area (Å²) in [5.74, 6) is -3.38. The van der Waals surface area contributed by atoms with Crippen LogP contribution in [-0.2, 0) is 11.2 Å². The number of allylic oxidation sites excluding steroid dienone is 1. The van der Waals surface area contributed by atoms with Crippen molar-refractivity contribution in [2.75, 3.05) is 7.11 Å². The number of fused-ring (bicyclic) bond motifs is 6. The molecule has 1 heterocycles. The van der Waals surface area contributed by atoms with Crippen LogP contribution in [0.2, 0.25) is 0 Å². The van der Waals surface area contributed by atoms with E-state index in [1.165, 1.54) is 37.5 Å². The number of aryl methyl sites for hydroxylation is 1. The Morgan fingerprint density at radius 2 is 1.70 bits per heavy atom. The highest BCUT2D eigenvalue weighted by molar-refractivity contribution is 6.31. The number of phenols is 2. The van der Waals surface area contributed by atoms with Gasteiger partial charge in [-0.25, -0.2) is 4.79 Å². The molecule has 9 nitrogen and oxygen atoms in total. The van der Waals surface area contributed by atoms with Crippen LogP contribution in [0.1, 0.15) is 76.5 Å². The zero-order valence-corrected chi connectivity index (χ0v) is 21.5. The number of esters is 1. The molecule has 0 radical (unpaired) electrons. The predicted molar refractivity (Wildman–Crippen MR) is 139 cm³/mol. The highest BCUT2D eigenvalue weighted by atomic mass is 16.6. The van der Waals surface area contributed by atoms with Crippen LogP contribution in [0.5, 0.6) is 17.2 Å². The molecule has 0 saturated heterocycles. The molecule has 0 amide bonds. The molecular formula is C31H24O9. The molecule has 4 N–H and O–H groups in total. The molecule has 3 aliphatic carbocycles. The number of ketones is 2. The summed E-state index contributed by atoms with van der Waals surface area (Å²) < 4.78 is 11.4. The van der Waals surface area contributed by atoms with Crippen molar-refractivity contribution in [1.82, 2.24) is 0 Å². The van der Waals surface area contributed by atoms with Gasteiger partial charge < -0.3 is 29.9 Å². The summed E-state index contributed by atoms with van der Waals surface area (Å²) in [6, 6.07) is 8.91. The second kappa shape index (κ2) is 8.03. The van der Waals surface area contributed by atoms with Gasteiger partial charge in [-0.1, -0.05) is 30.4 Å². The summed E-state index contributed by atoms with van der Waals surface area (Å²) in [6.07, 6.45) is -0.723. The lowest BCUT2D eigenvalue weighted by Crippen LogP contribution is -2.52. The van der Waals surface area contributed by atoms with Crippen LogP contribution in [0, 0.1) is 12.3 Å². The van der Waals surface area contributed by atoms with E-state index >= 15 is 0 Å². The number of carbonyl (C=O) groups is 3. The number of ether oxygens (including phenoxy) is 2. The van der Waals surface area contributed by atoms with Crippen LogP contribution in [-0.4, -0.2) is 57.3 Å². The first kappa shape index (κ1) is 24.6. The van der Waals surface area contributed by atoms with Crippen LogP contribution in [0.25, 0.3) is 0 Å². The molecule has 7 rings (SSSR count). The Morgan fingerprint density at radius 1 is 0.925 bits per heavy atom. The Kier molecular flexibility index (Phi) is 4.93. The first-order valence-electron chi connectivity index (χ1n) is 12.8. The third kappa shape index (κ3) is 2.85. The van der Waals surface area contributed by atoms with Gasteiger partial charge in [0.1, 0.15) is 35.0 Å². The van der Waals surface area contributed by atoms with Gasteiger partial charge in [-0.3, -0.25) is 9.59 Å². The van der Waals surface area contributed by atoms with Gasteiger partial charge in [0, 0.05) is 17.0 Å². The molecule has 4 aliphatic rings. The number of benzene rings is 3. The van der Waals surface area contributed by atoms with Crippen molar-refractivity contribution < 1.29 is 44.3 Å². The standard InChI is InChI=1S/C31H24O9/c1-12-8-15-23(20(9-12)39-2)30(38)40-29-18(33)7-6-16-21-13(11-31(16,29)28(15)37)10-19(34)24-25(21)26(35)14-4-3-5-17(32)22(14)27(24)36/h3-10,16,18,28-29,32-34,37H,11H2,1-2H3/t16-,18-,28+,29-,31+/m1/s1. The zero-order chi connectivity index (χ0) is 28.2. The third-order valence-electron chi connectivity index (χ3n) is 8.87. The van der Waals surface area contributed by atoms with E-state index in [0.29, 0.717) is 11.1 Å². The van der Waals surface area contributed by atoms with E-state index in [1.54, 1.807) is 25.1 Å². The SMILES string of the molecule is COc1cc(C)cc2c1C(=O)O[C@@H]1[C@H](O)C=C[C@@H]3c4c(cc(O)c5c4C(=O)c4cccc(O)c4C5=O)C[C@@]31[C@H]2O. The van der Waals surface area contributed by atoms with E-state index in [1.807, 2.05) is 0 Å². The number of hydrogen-bond donors (Lipinski definition) is 4. The van der Waals surface area contributed by atoms with E-state index in [0.717, 1.165) is 5.56 Å². The topological polar surface area (TPSA) is 151 Å². The van der Waals surface area contributed by atoms with E-state index in [-0.39, 0.29) is 51.3 Å². The number of carbonyl (C=O) groups excluding carboxylic acids is 3. The number of rotatable bonds is 1. The average Bonchev–Trinajstić information content (AvgIpc) is 3.21. The maximum atomic E-state index is 13.9. The Labute approximate surface area is 227 Å². The smallest absolute Gasteiger partial charge is 0.342 e. The lowest BCUT2D eigenvalue weighted by molar-refractivity contribution is -0.119. The van der Waals surface area contributed by atoms with E-state index in [4.69, 9.17) is 9.47 Å². The van der Waals surface area contributed by atoms with Crippen LogP contribution < -0.4 is 4.74 Å². The Bertz CT molecular complexity index is 1740. The number of aromatic hydroxyl groups is 2. The highest BCUT2D eigenvalue weighted by Crippen LogP contribution is 2.63. The summed E-state index contributed by atoms with van der Waals surface area (Å²) in [6.45, 7) is 1.79. The molecule has 0 saturated carbocycles. The van der Waals surface area contributed by atoms with Gasteiger partial charge in [0.15, 0.2) is 5.78 Å². The van der Waals surface area contributed by atoms with Crippen LogP contribution in [0.4, 0.5) is 0 Å². The molecule has 0 aromatic heterocycles. The molecular weight excluding hydrogens is 516 g/mol. The molecule has 40 heavy (non-hydrogen) atoms. The fraction of sp³-hybridized carbons (Fsp3) is 0.258. The summed E-state index contributed by atoms with van der Waals surface area (Å²) in [5.41, 5.74) is 0.111. The van der Waals surface area contributed by atoms with Gasteiger partial charge in [-0.2, -0.15) is 0 Å². The minimum atomic E-state index is -1.37. The van der Waals surface area contributed by atoms with Crippen molar-refractivity contribution in [3.8, 4) is 17.2 Å². The van der Waals surface area contributed by atoms with Crippen molar-refractivity contribution in [3.63, 3.8) is 0 Å². The molecule has 0 fully saturated rings. The minimum Gasteiger partial charge on any atom is -0.507 e. The second-order valence-electron chi connectivity index (χ2n) is 10.9. The third-order valence-corrected chi connectivity index (χ3v) is 8.87. The quantitative estimate of drug-likeness (QED) is 0.211. The van der Waals surface area contributed by atoms with Gasteiger partial charge in [-0.15, -0.1) is 0 Å². The maximum absolute atomic E-state index is 13.9. The summed E-state index contributed by atoms with van der Waals surface area (Å²) in [7, 11) is 1.41. The monoisotopic (exact) mass is 540 g/mol. The highest BCUT2D eigenvalue weighted by Gasteiger charge is 2.63. The van der Waals surface area contributed by atoms with Crippen molar-refractivity contribution in [1.29, 1.82) is 0 Å². The van der Waals surface area contributed by atoms with E-state index in [2.05, 4.69) is 0 Å². The molecule has 0 bridgehead atoms. The van der Waals surface area contributed by atoms with Crippen LogP contribution in [0.15, 0.2) is 48.6 Å². The summed E-state index contributed by atoms with van der Waals surface area (Å²) in [5, 5.41) is 44.7. The largest absolute Gasteiger partial charge is 0.507 e. The van der Waals surface area contributed by atoms with Gasteiger partial charge >= 0.3 is 5.97 Å². The summed E-state index contributed by atoms with van der Waals surface area (Å²) >= 11 is 0. The normalized spacial score (nSPS) is 27.4. The molecule has 3 aromatic carbocycles. The first-order valence-corrected chi connectivity index (χ1v) is 12.8. The van der Waals surface area contributed by atoms with Crippen LogP contribution >= 0.6 is 0 Å². The number of hydrogen-bond acceptors (Lipinski definition) is 9. The molecule has 1 spiro atoms. The predicted octanol–water partition coefficient (Wildman–Crippen LogP) is 3.02. The fourth-order valence-corrected chi connectivity index (χ4v) is 7.28. The minimum absolute atomic E-state index is 0.00109. The van der Waals surface area contributed by atoms with Gasteiger partial charge in [0.2, 0.25) is 5.78 Å². The Balaban J connectivity index is 1.51. The number of aliphatic hydroxyl groups excluding tert-OH is 2. The van der Waals surface area contributed by atoms with Crippen molar-refractivity contribution in [3.05, 3.63) is 98.6 Å². The maximum Gasteiger partial charge on any atom is 0.342 e. The van der Waals surface area contributed by atoms with Gasteiger partial charge in [0.05, 0.1) is 29.8 Å². The summed E-state index contributed by atoms with van der Waals surface area (Å²) in [4.78, 5) is 40.9. The zero-order valence-electron chi connectivity index (χ0n) is 21.5. The van der Waals surface area contributed by atoms with Gasteiger partial charge in [-0.05, 0) is 53.8 Å². The van der Waals surface area contributed by atoms with E-state index in [9.17, 15) is 34.8 Å². The molecule has 202 valence electrons. The number of methoxy groups -OCH3 is 1. The van der Waals surface area contributed by atoms with Gasteiger partial charge in [0.25, 0.3) is 0 Å². The fourth-order valence-electron chi connectivity index (χ4n) is 7.28. The average molecular weight is 541 g/mol. The van der Waals surface area contributed by atoms with Crippen LogP contribution in [0.3, 0.4) is 0 Å². The number of aliphatic hydroxyl groups is 2. The lowest BCUT2D eigenvalue weighted by atomic mass is 9.61. The molecule has 1 aliphatic heterocycles. The Hall–Kier alpha value is -4.47. The molecule has 5 atom stereocenters. The molecule has 9 heteroatoms. The van der Waals surface area contributed by atoms with Crippen molar-refractivity contribution in [2.24, 2.45) is 5.41 Å². The number of phenolic OH excluding ortho intramolecular Hbond substituents is 2. The Morgan fingerprint density at radius 3 is 2.45 bits per heavy atom. The van der Waals surface area contributed by atoms with Crippen molar-refractivity contribution in [2.45, 2.75) is 37.6 Å². The molecule has 3 aromatic rings. The van der Waals surface area contributed by atoms with E-state index < -0.39 is 52.9 Å². The second-order valence-corrected chi connectivity index (χ2v) is 10.9. The molecule has 0 unspecified atom stereocenters.